The second kappa shape index (κ2) is 4.00. The number of benzene rings is 1. The predicted octanol–water partition coefficient (Wildman–Crippen LogP) is 3.10. The first-order chi connectivity index (χ1) is 10.4. The zero-order valence-electron chi connectivity index (χ0n) is 12.8. The molecule has 5 nitrogen and oxygen atoms in total. The lowest BCUT2D eigenvalue weighted by molar-refractivity contribution is 0.0697. The number of aromatic nitrogens is 3. The van der Waals surface area contributed by atoms with Gasteiger partial charge in [-0.25, -0.2) is 4.79 Å². The van der Waals surface area contributed by atoms with E-state index in [2.05, 4.69) is 30.1 Å². The number of nitrogens with one attached hydrogen (secondary N) is 1. The van der Waals surface area contributed by atoms with Crippen molar-refractivity contribution < 1.29 is 9.90 Å². The van der Waals surface area contributed by atoms with Crippen LogP contribution in [0, 0.1) is 0 Å². The second-order valence-corrected chi connectivity index (χ2v) is 6.68. The number of hydrogen-bond acceptors (Lipinski definition) is 2. The summed E-state index contributed by atoms with van der Waals surface area (Å²) in [6.07, 6.45) is 2.96. The number of carboxylic acids is 1. The molecule has 0 bridgehead atoms. The van der Waals surface area contributed by atoms with Crippen LogP contribution in [-0.2, 0) is 18.9 Å². The van der Waals surface area contributed by atoms with E-state index in [9.17, 15) is 9.90 Å². The summed E-state index contributed by atoms with van der Waals surface area (Å²) in [5, 5.41) is 14.8. The zero-order valence-corrected chi connectivity index (χ0v) is 12.8. The Morgan fingerprint density at radius 1 is 1.41 bits per heavy atom. The van der Waals surface area contributed by atoms with Gasteiger partial charge in [0.15, 0.2) is 0 Å². The largest absolute Gasteiger partial charge is 0.478 e. The normalized spacial score (nSPS) is 15.6. The van der Waals surface area contributed by atoms with Gasteiger partial charge in [0, 0.05) is 29.7 Å². The summed E-state index contributed by atoms with van der Waals surface area (Å²) in [6.45, 7) is 4.39. The summed E-state index contributed by atoms with van der Waals surface area (Å²) in [5.41, 5.74) is 5.59. The van der Waals surface area contributed by atoms with Gasteiger partial charge >= 0.3 is 5.97 Å². The van der Waals surface area contributed by atoms with Crippen LogP contribution in [0.4, 0.5) is 0 Å². The van der Waals surface area contributed by atoms with E-state index in [-0.39, 0.29) is 5.41 Å². The number of aromatic carboxylic acids is 1. The molecule has 1 aromatic carbocycles. The van der Waals surface area contributed by atoms with Crippen molar-refractivity contribution in [3.05, 3.63) is 41.1 Å². The minimum atomic E-state index is -0.899. The van der Waals surface area contributed by atoms with E-state index in [0.29, 0.717) is 5.56 Å². The fraction of sp³-hybridized carbons (Fsp3) is 0.294. The first kappa shape index (κ1) is 13.1. The number of aromatic amines is 1. The minimum Gasteiger partial charge on any atom is -0.478 e. The Balaban J connectivity index is 2.09. The van der Waals surface area contributed by atoms with Gasteiger partial charge in [0.25, 0.3) is 0 Å². The number of carboxylic acid groups (broad SMARTS) is 1. The molecule has 112 valence electrons. The highest BCUT2D eigenvalue weighted by atomic mass is 16.4. The van der Waals surface area contributed by atoms with E-state index in [1.54, 1.807) is 12.1 Å². The molecule has 1 aliphatic carbocycles. The van der Waals surface area contributed by atoms with E-state index in [1.165, 1.54) is 5.56 Å². The fourth-order valence-corrected chi connectivity index (χ4v) is 3.65. The van der Waals surface area contributed by atoms with Crippen LogP contribution in [0.15, 0.2) is 24.4 Å². The maximum Gasteiger partial charge on any atom is 0.335 e. The molecule has 0 saturated heterocycles. The molecule has 0 amide bonds. The molecule has 2 aromatic heterocycles. The number of fused-ring (bicyclic) bond motifs is 5. The average molecular weight is 295 g/mol. The topological polar surface area (TPSA) is 70.9 Å². The van der Waals surface area contributed by atoms with Crippen LogP contribution in [0.2, 0.25) is 0 Å². The number of H-pyrrole nitrogens is 1. The third-order valence-corrected chi connectivity index (χ3v) is 4.50. The van der Waals surface area contributed by atoms with Crippen molar-refractivity contribution >= 4 is 16.9 Å². The summed E-state index contributed by atoms with van der Waals surface area (Å²) in [4.78, 5) is 14.7. The Kier molecular flexibility index (Phi) is 2.39. The van der Waals surface area contributed by atoms with E-state index < -0.39 is 5.97 Å². The van der Waals surface area contributed by atoms with Crippen LogP contribution < -0.4 is 0 Å². The Bertz CT molecular complexity index is 931. The molecule has 3 aromatic rings. The van der Waals surface area contributed by atoms with Gasteiger partial charge < -0.3 is 10.1 Å². The summed E-state index contributed by atoms with van der Waals surface area (Å²) >= 11 is 0. The van der Waals surface area contributed by atoms with Crippen molar-refractivity contribution in [2.75, 3.05) is 0 Å². The predicted molar refractivity (Wildman–Crippen MR) is 84.2 cm³/mol. The fourth-order valence-electron chi connectivity index (χ4n) is 3.65. The number of carbonyl (C=O) groups is 1. The van der Waals surface area contributed by atoms with Gasteiger partial charge in [-0.1, -0.05) is 13.8 Å². The van der Waals surface area contributed by atoms with Crippen molar-refractivity contribution in [1.29, 1.82) is 0 Å². The minimum absolute atomic E-state index is 0.0687. The Morgan fingerprint density at radius 3 is 2.91 bits per heavy atom. The van der Waals surface area contributed by atoms with Crippen LogP contribution in [0.1, 0.15) is 35.3 Å². The summed E-state index contributed by atoms with van der Waals surface area (Å²) < 4.78 is 1.84. The Hall–Kier alpha value is -2.56. The molecule has 0 spiro atoms. The van der Waals surface area contributed by atoms with E-state index in [4.69, 9.17) is 0 Å². The molecule has 0 unspecified atom stereocenters. The lowest BCUT2D eigenvalue weighted by Crippen LogP contribution is -2.24. The van der Waals surface area contributed by atoms with Crippen molar-refractivity contribution in [2.24, 2.45) is 7.05 Å². The number of rotatable bonds is 1. The van der Waals surface area contributed by atoms with Crippen molar-refractivity contribution in [3.8, 4) is 11.4 Å². The SMILES string of the molecule is Cn1cc2c(n1)-c1[nH]c3ccc(C(=O)O)cc3c1C(C)(C)C2. The Morgan fingerprint density at radius 2 is 2.18 bits per heavy atom. The maximum absolute atomic E-state index is 11.3. The van der Waals surface area contributed by atoms with Crippen LogP contribution in [0.25, 0.3) is 22.3 Å². The van der Waals surface area contributed by atoms with Crippen LogP contribution in [0.5, 0.6) is 0 Å². The first-order valence-corrected chi connectivity index (χ1v) is 7.29. The molecule has 0 atom stereocenters. The van der Waals surface area contributed by atoms with Crippen LogP contribution in [-0.4, -0.2) is 25.8 Å². The first-order valence-electron chi connectivity index (χ1n) is 7.29. The molecule has 0 radical (unpaired) electrons. The van der Waals surface area contributed by atoms with Crippen LogP contribution >= 0.6 is 0 Å². The van der Waals surface area contributed by atoms with E-state index >= 15 is 0 Å². The third-order valence-electron chi connectivity index (χ3n) is 4.50. The third kappa shape index (κ3) is 1.65. The zero-order chi connectivity index (χ0) is 15.6. The molecule has 1 aliphatic rings. The van der Waals surface area contributed by atoms with Gasteiger partial charge in [-0.2, -0.15) is 5.10 Å². The number of aryl methyl sites for hydroxylation is 1. The lowest BCUT2D eigenvalue weighted by atomic mass is 9.73. The summed E-state index contributed by atoms with van der Waals surface area (Å²) in [5.74, 6) is -0.899. The molecule has 0 fully saturated rings. The van der Waals surface area contributed by atoms with Gasteiger partial charge in [-0.15, -0.1) is 0 Å². The second-order valence-electron chi connectivity index (χ2n) is 6.68. The summed E-state index contributed by atoms with van der Waals surface area (Å²) in [6, 6.07) is 5.25. The van der Waals surface area contributed by atoms with Crippen molar-refractivity contribution in [1.82, 2.24) is 14.8 Å². The molecule has 22 heavy (non-hydrogen) atoms. The standard InChI is InChI=1S/C17H17N3O2/c1-17(2)7-10-8-20(3)19-14(10)15-13(17)11-6-9(16(21)22)4-5-12(11)18-15/h4-6,8,18H,7H2,1-3H3,(H,21,22). The van der Waals surface area contributed by atoms with Gasteiger partial charge in [0.05, 0.1) is 11.3 Å². The molecular formula is C17H17N3O2. The maximum atomic E-state index is 11.3. The average Bonchev–Trinajstić information content (AvgIpc) is 2.97. The van der Waals surface area contributed by atoms with Crippen molar-refractivity contribution in [3.63, 3.8) is 0 Å². The highest BCUT2D eigenvalue weighted by Gasteiger charge is 2.36. The highest BCUT2D eigenvalue weighted by molar-refractivity contribution is 5.98. The van der Waals surface area contributed by atoms with E-state index in [0.717, 1.165) is 34.3 Å². The lowest BCUT2D eigenvalue weighted by Gasteiger charge is -2.29. The smallest absolute Gasteiger partial charge is 0.335 e. The van der Waals surface area contributed by atoms with E-state index in [1.807, 2.05) is 17.8 Å². The molecule has 4 rings (SSSR count). The van der Waals surface area contributed by atoms with Gasteiger partial charge in [0.2, 0.25) is 0 Å². The number of hydrogen-bond donors (Lipinski definition) is 2. The Labute approximate surface area is 127 Å². The molecule has 2 N–H and O–H groups in total. The van der Waals surface area contributed by atoms with Gasteiger partial charge in [-0.3, -0.25) is 4.68 Å². The van der Waals surface area contributed by atoms with Gasteiger partial charge in [-0.05, 0) is 35.6 Å². The molecule has 0 saturated carbocycles. The molecular weight excluding hydrogens is 278 g/mol. The molecule has 5 heteroatoms. The number of nitrogens with zero attached hydrogens (tertiary/aromatic N) is 2. The van der Waals surface area contributed by atoms with Crippen molar-refractivity contribution in [2.45, 2.75) is 25.7 Å². The summed E-state index contributed by atoms with van der Waals surface area (Å²) in [7, 11) is 1.93. The highest BCUT2D eigenvalue weighted by Crippen LogP contribution is 2.45. The quantitative estimate of drug-likeness (QED) is 0.724. The monoisotopic (exact) mass is 295 g/mol. The molecule has 2 heterocycles. The van der Waals surface area contributed by atoms with Gasteiger partial charge in [0.1, 0.15) is 5.69 Å². The van der Waals surface area contributed by atoms with Crippen LogP contribution in [0.3, 0.4) is 0 Å². The molecule has 0 aliphatic heterocycles.